The fraction of sp³-hybridized carbons (Fsp3) is 0.0714. The second kappa shape index (κ2) is 5.50. The molecule has 1 heterocycles. The Bertz CT molecular complexity index is 727. The van der Waals surface area contributed by atoms with Gasteiger partial charge < -0.3 is 0 Å². The van der Waals surface area contributed by atoms with E-state index in [-0.39, 0.29) is 5.82 Å². The first-order valence-electron chi connectivity index (χ1n) is 5.98. The Kier molecular flexibility index (Phi) is 3.56. The largest absolute Gasteiger partial charge is 0.207 e. The fourth-order valence-corrected chi connectivity index (χ4v) is 2.32. The third kappa shape index (κ3) is 2.46. The first-order valence-corrected chi connectivity index (χ1v) is 7.10. The van der Waals surface area contributed by atoms with Crippen molar-refractivity contribution in [2.45, 2.75) is 5.33 Å². The van der Waals surface area contributed by atoms with Crippen molar-refractivity contribution >= 4 is 15.9 Å². The molecule has 1 aromatic heterocycles. The molecule has 4 nitrogen and oxygen atoms in total. The molecule has 0 unspecified atom stereocenters. The number of hydrogen-bond acceptors (Lipinski definition) is 3. The number of halogens is 2. The number of rotatable bonds is 3. The summed E-state index contributed by atoms with van der Waals surface area (Å²) >= 11 is 3.34. The van der Waals surface area contributed by atoms with Crippen molar-refractivity contribution < 1.29 is 4.39 Å². The minimum absolute atomic E-state index is 0.286. The standard InChI is InChI=1S/C14H10BrFN4/c15-9-11-8-12(16)6-7-13(11)20-18-14(17-19-20)10-4-2-1-3-5-10/h1-8H,9H2. The maximum Gasteiger partial charge on any atom is 0.205 e. The van der Waals surface area contributed by atoms with Crippen LogP contribution in [0.4, 0.5) is 4.39 Å². The van der Waals surface area contributed by atoms with E-state index in [2.05, 4.69) is 31.3 Å². The van der Waals surface area contributed by atoms with Gasteiger partial charge in [0, 0.05) is 10.9 Å². The van der Waals surface area contributed by atoms with Crippen molar-refractivity contribution in [2.75, 3.05) is 0 Å². The zero-order chi connectivity index (χ0) is 13.9. The molecule has 0 saturated carbocycles. The molecule has 0 N–H and O–H groups in total. The lowest BCUT2D eigenvalue weighted by Gasteiger charge is -2.04. The van der Waals surface area contributed by atoms with Gasteiger partial charge in [-0.15, -0.1) is 15.0 Å². The van der Waals surface area contributed by atoms with Crippen LogP contribution in [0.1, 0.15) is 5.56 Å². The molecule has 3 aromatic rings. The van der Waals surface area contributed by atoms with Crippen LogP contribution in [0.2, 0.25) is 0 Å². The van der Waals surface area contributed by atoms with Crippen LogP contribution in [0, 0.1) is 5.82 Å². The van der Waals surface area contributed by atoms with Gasteiger partial charge in [0.15, 0.2) is 0 Å². The molecule has 0 radical (unpaired) electrons. The Hall–Kier alpha value is -2.08. The minimum atomic E-state index is -0.286. The zero-order valence-electron chi connectivity index (χ0n) is 10.4. The predicted octanol–water partition coefficient (Wildman–Crippen LogP) is 3.36. The van der Waals surface area contributed by atoms with Gasteiger partial charge in [-0.3, -0.25) is 0 Å². The summed E-state index contributed by atoms with van der Waals surface area (Å²) in [6.07, 6.45) is 0. The van der Waals surface area contributed by atoms with E-state index in [1.165, 1.54) is 16.9 Å². The lowest BCUT2D eigenvalue weighted by molar-refractivity contribution is 0.623. The number of hydrogen-bond donors (Lipinski definition) is 0. The van der Waals surface area contributed by atoms with Crippen LogP contribution in [-0.4, -0.2) is 20.2 Å². The molecule has 3 rings (SSSR count). The van der Waals surface area contributed by atoms with Crippen molar-refractivity contribution in [3.63, 3.8) is 0 Å². The maximum absolute atomic E-state index is 13.2. The van der Waals surface area contributed by atoms with Crippen LogP contribution in [-0.2, 0) is 5.33 Å². The van der Waals surface area contributed by atoms with E-state index in [4.69, 9.17) is 0 Å². The summed E-state index contributed by atoms with van der Waals surface area (Å²) in [6, 6.07) is 14.1. The quantitative estimate of drug-likeness (QED) is 0.691. The molecule has 0 amide bonds. The predicted molar refractivity (Wildman–Crippen MR) is 77.2 cm³/mol. The lowest BCUT2D eigenvalue weighted by Crippen LogP contribution is -2.03. The average molecular weight is 333 g/mol. The van der Waals surface area contributed by atoms with Crippen LogP contribution in [0.3, 0.4) is 0 Å². The molecular formula is C14H10BrFN4. The molecule has 0 aliphatic rings. The number of benzene rings is 2. The van der Waals surface area contributed by atoms with Gasteiger partial charge in [-0.2, -0.15) is 0 Å². The topological polar surface area (TPSA) is 43.6 Å². The molecule has 100 valence electrons. The monoisotopic (exact) mass is 332 g/mol. The van der Waals surface area contributed by atoms with E-state index in [0.717, 1.165) is 11.1 Å². The van der Waals surface area contributed by atoms with Crippen molar-refractivity contribution in [3.05, 3.63) is 59.9 Å². The molecule has 0 spiro atoms. The summed E-state index contributed by atoms with van der Waals surface area (Å²) in [4.78, 5) is 1.42. The SMILES string of the molecule is Fc1ccc(-n2nnc(-c3ccccc3)n2)c(CBr)c1. The first-order chi connectivity index (χ1) is 9.78. The molecule has 2 aromatic carbocycles. The summed E-state index contributed by atoms with van der Waals surface area (Å²) in [7, 11) is 0. The first kappa shape index (κ1) is 12.9. The van der Waals surface area contributed by atoms with Gasteiger partial charge >= 0.3 is 0 Å². The summed E-state index contributed by atoms with van der Waals surface area (Å²) in [5, 5.41) is 12.9. The van der Waals surface area contributed by atoms with E-state index in [1.807, 2.05) is 30.3 Å². The molecule has 0 fully saturated rings. The second-order valence-corrected chi connectivity index (χ2v) is 4.74. The summed E-state index contributed by atoms with van der Waals surface area (Å²) in [5.41, 5.74) is 2.36. The van der Waals surface area contributed by atoms with Gasteiger partial charge in [0.05, 0.1) is 5.69 Å². The number of alkyl halides is 1. The molecule has 20 heavy (non-hydrogen) atoms. The molecule has 0 saturated heterocycles. The van der Waals surface area contributed by atoms with Gasteiger partial charge in [-0.1, -0.05) is 46.3 Å². The van der Waals surface area contributed by atoms with Gasteiger partial charge in [-0.25, -0.2) is 4.39 Å². The van der Waals surface area contributed by atoms with Crippen LogP contribution in [0.15, 0.2) is 48.5 Å². The summed E-state index contributed by atoms with van der Waals surface area (Å²) in [5.74, 6) is 0.252. The minimum Gasteiger partial charge on any atom is -0.207 e. The Morgan fingerprint density at radius 1 is 1.10 bits per heavy atom. The lowest BCUT2D eigenvalue weighted by atomic mass is 10.2. The number of nitrogens with zero attached hydrogens (tertiary/aromatic N) is 4. The fourth-order valence-electron chi connectivity index (χ4n) is 1.88. The Balaban J connectivity index is 2.02. The third-order valence-corrected chi connectivity index (χ3v) is 3.45. The van der Waals surface area contributed by atoms with E-state index in [0.29, 0.717) is 16.8 Å². The van der Waals surface area contributed by atoms with E-state index < -0.39 is 0 Å². The highest BCUT2D eigenvalue weighted by Gasteiger charge is 2.10. The molecule has 0 bridgehead atoms. The van der Waals surface area contributed by atoms with Gasteiger partial charge in [0.25, 0.3) is 0 Å². The van der Waals surface area contributed by atoms with Crippen molar-refractivity contribution in [2.24, 2.45) is 0 Å². The highest BCUT2D eigenvalue weighted by molar-refractivity contribution is 9.08. The van der Waals surface area contributed by atoms with E-state index in [9.17, 15) is 4.39 Å². The molecule has 0 aliphatic carbocycles. The maximum atomic E-state index is 13.2. The third-order valence-electron chi connectivity index (χ3n) is 2.85. The summed E-state index contributed by atoms with van der Waals surface area (Å²) < 4.78 is 13.2. The Morgan fingerprint density at radius 3 is 2.65 bits per heavy atom. The second-order valence-electron chi connectivity index (χ2n) is 4.18. The van der Waals surface area contributed by atoms with Crippen molar-refractivity contribution in [1.82, 2.24) is 20.2 Å². The van der Waals surface area contributed by atoms with E-state index >= 15 is 0 Å². The number of aromatic nitrogens is 4. The van der Waals surface area contributed by atoms with Crippen LogP contribution in [0.5, 0.6) is 0 Å². The van der Waals surface area contributed by atoms with Gasteiger partial charge in [0.1, 0.15) is 5.82 Å². The molecule has 6 heteroatoms. The Labute approximate surface area is 123 Å². The molecule has 0 atom stereocenters. The molecular weight excluding hydrogens is 323 g/mol. The zero-order valence-corrected chi connectivity index (χ0v) is 12.0. The van der Waals surface area contributed by atoms with Crippen molar-refractivity contribution in [3.8, 4) is 17.1 Å². The smallest absolute Gasteiger partial charge is 0.205 e. The Morgan fingerprint density at radius 2 is 1.90 bits per heavy atom. The highest BCUT2D eigenvalue weighted by atomic mass is 79.9. The normalized spacial score (nSPS) is 10.7. The van der Waals surface area contributed by atoms with Crippen LogP contribution in [0.25, 0.3) is 17.1 Å². The van der Waals surface area contributed by atoms with Crippen LogP contribution < -0.4 is 0 Å². The van der Waals surface area contributed by atoms with Gasteiger partial charge in [-0.05, 0) is 29.0 Å². The van der Waals surface area contributed by atoms with Gasteiger partial charge in [0.2, 0.25) is 5.82 Å². The number of tetrazole rings is 1. The van der Waals surface area contributed by atoms with Crippen molar-refractivity contribution in [1.29, 1.82) is 0 Å². The average Bonchev–Trinajstić information content (AvgIpc) is 2.97. The van der Waals surface area contributed by atoms with E-state index in [1.54, 1.807) is 6.07 Å². The highest BCUT2D eigenvalue weighted by Crippen LogP contribution is 2.19. The molecule has 0 aliphatic heterocycles. The van der Waals surface area contributed by atoms with Crippen LogP contribution >= 0.6 is 15.9 Å². The summed E-state index contributed by atoms with van der Waals surface area (Å²) in [6.45, 7) is 0.